The van der Waals surface area contributed by atoms with Crippen LogP contribution in [0.3, 0.4) is 0 Å². The van der Waals surface area contributed by atoms with Gasteiger partial charge >= 0.3 is 0 Å². The molecular weight excluding hydrogens is 220 g/mol. The number of halogens is 1. The molecule has 0 aliphatic carbocycles. The van der Waals surface area contributed by atoms with Crippen LogP contribution < -0.4 is 4.90 Å². The van der Waals surface area contributed by atoms with Crippen LogP contribution in [0.2, 0.25) is 5.02 Å². The Hall–Kier alpha value is -1.20. The Morgan fingerprint density at radius 3 is 2.38 bits per heavy atom. The van der Waals surface area contributed by atoms with E-state index in [0.717, 1.165) is 5.69 Å². The maximum Gasteiger partial charge on any atom is 0.0992 e. The average molecular weight is 237 g/mol. The van der Waals surface area contributed by atoms with E-state index < -0.39 is 0 Å². The van der Waals surface area contributed by atoms with Crippen LogP contribution in [0, 0.1) is 17.2 Å². The first-order chi connectivity index (χ1) is 7.47. The van der Waals surface area contributed by atoms with E-state index in [1.54, 1.807) is 12.1 Å². The molecule has 1 aromatic carbocycles. The molecule has 0 aromatic heterocycles. The van der Waals surface area contributed by atoms with Gasteiger partial charge in [0.05, 0.1) is 22.3 Å². The Bertz CT molecular complexity index is 407. The Balaban J connectivity index is 3.01. The molecule has 0 aliphatic rings. The Labute approximate surface area is 102 Å². The third-order valence-corrected chi connectivity index (χ3v) is 3.34. The molecule has 0 saturated carbocycles. The third kappa shape index (κ3) is 2.68. The van der Waals surface area contributed by atoms with E-state index in [9.17, 15) is 0 Å². The fraction of sp³-hybridized carbons (Fsp3) is 0.462. The van der Waals surface area contributed by atoms with E-state index >= 15 is 0 Å². The summed E-state index contributed by atoms with van der Waals surface area (Å²) in [4.78, 5) is 2.15. The monoisotopic (exact) mass is 236 g/mol. The highest BCUT2D eigenvalue weighted by molar-refractivity contribution is 6.33. The minimum Gasteiger partial charge on any atom is -0.370 e. The summed E-state index contributed by atoms with van der Waals surface area (Å²) < 4.78 is 0. The molecule has 0 heterocycles. The number of hydrogen-bond donors (Lipinski definition) is 0. The second-order valence-corrected chi connectivity index (χ2v) is 4.78. The van der Waals surface area contributed by atoms with E-state index in [0.29, 0.717) is 22.5 Å². The summed E-state index contributed by atoms with van der Waals surface area (Å²) in [6.45, 7) is 6.52. The van der Waals surface area contributed by atoms with Crippen molar-refractivity contribution in [1.82, 2.24) is 0 Å². The van der Waals surface area contributed by atoms with Gasteiger partial charge < -0.3 is 4.90 Å². The van der Waals surface area contributed by atoms with Crippen LogP contribution in [0.25, 0.3) is 0 Å². The number of benzene rings is 1. The van der Waals surface area contributed by atoms with Gasteiger partial charge in [0.15, 0.2) is 0 Å². The fourth-order valence-corrected chi connectivity index (χ4v) is 1.84. The number of rotatable bonds is 3. The second-order valence-electron chi connectivity index (χ2n) is 4.37. The summed E-state index contributed by atoms with van der Waals surface area (Å²) in [5.41, 5.74) is 1.57. The zero-order valence-corrected chi connectivity index (χ0v) is 10.9. The van der Waals surface area contributed by atoms with Gasteiger partial charge in [-0.15, -0.1) is 0 Å². The molecule has 0 radical (unpaired) electrons. The zero-order valence-electron chi connectivity index (χ0n) is 10.2. The van der Waals surface area contributed by atoms with Crippen molar-refractivity contribution in [1.29, 1.82) is 5.26 Å². The van der Waals surface area contributed by atoms with Gasteiger partial charge in [0.2, 0.25) is 0 Å². The highest BCUT2D eigenvalue weighted by Gasteiger charge is 2.15. The first-order valence-corrected chi connectivity index (χ1v) is 5.77. The quantitative estimate of drug-likeness (QED) is 0.800. The summed E-state index contributed by atoms with van der Waals surface area (Å²) in [5.74, 6) is 0.553. The normalized spacial score (nSPS) is 12.3. The van der Waals surface area contributed by atoms with Crippen LogP contribution in [-0.2, 0) is 0 Å². The van der Waals surface area contributed by atoms with Gasteiger partial charge in [-0.1, -0.05) is 25.4 Å². The molecule has 2 nitrogen and oxygen atoms in total. The predicted octanol–water partition coefficient (Wildman–Crippen LogP) is 3.69. The van der Waals surface area contributed by atoms with Crippen molar-refractivity contribution in [2.45, 2.75) is 26.8 Å². The highest BCUT2D eigenvalue weighted by atomic mass is 35.5. The minimum absolute atomic E-state index is 0.408. The molecule has 0 N–H and O–H groups in total. The van der Waals surface area contributed by atoms with Crippen LogP contribution >= 0.6 is 11.6 Å². The molecule has 0 saturated heterocycles. The summed E-state index contributed by atoms with van der Waals surface area (Å²) >= 11 is 6.16. The molecule has 0 spiro atoms. The van der Waals surface area contributed by atoms with Gasteiger partial charge in [0.25, 0.3) is 0 Å². The Kier molecular flexibility index (Phi) is 4.20. The van der Waals surface area contributed by atoms with Crippen LogP contribution in [-0.4, -0.2) is 13.1 Å². The predicted molar refractivity (Wildman–Crippen MR) is 68.9 cm³/mol. The van der Waals surface area contributed by atoms with E-state index in [1.165, 1.54) is 0 Å². The topological polar surface area (TPSA) is 27.0 Å². The first kappa shape index (κ1) is 12.9. The lowest BCUT2D eigenvalue weighted by Crippen LogP contribution is -2.33. The lowest BCUT2D eigenvalue weighted by molar-refractivity contribution is 0.505. The van der Waals surface area contributed by atoms with E-state index in [1.807, 2.05) is 13.1 Å². The number of nitriles is 1. The molecule has 86 valence electrons. The average Bonchev–Trinajstić information content (AvgIpc) is 2.26. The molecular formula is C13H17ClN2. The fourth-order valence-electron chi connectivity index (χ4n) is 1.53. The van der Waals surface area contributed by atoms with E-state index in [4.69, 9.17) is 16.9 Å². The van der Waals surface area contributed by atoms with Crippen molar-refractivity contribution in [2.75, 3.05) is 11.9 Å². The molecule has 1 unspecified atom stereocenters. The lowest BCUT2D eigenvalue weighted by Gasteiger charge is -2.30. The molecule has 1 aromatic rings. The van der Waals surface area contributed by atoms with Gasteiger partial charge in [0.1, 0.15) is 0 Å². The van der Waals surface area contributed by atoms with Gasteiger partial charge in [-0.25, -0.2) is 0 Å². The Morgan fingerprint density at radius 1 is 1.31 bits per heavy atom. The van der Waals surface area contributed by atoms with Crippen molar-refractivity contribution in [3.63, 3.8) is 0 Å². The van der Waals surface area contributed by atoms with Gasteiger partial charge in [-0.2, -0.15) is 5.26 Å². The number of nitrogens with zero attached hydrogens (tertiary/aromatic N) is 2. The molecule has 0 fully saturated rings. The zero-order chi connectivity index (χ0) is 12.3. The summed E-state index contributed by atoms with van der Waals surface area (Å²) in [7, 11) is 2.03. The molecule has 3 heteroatoms. The first-order valence-electron chi connectivity index (χ1n) is 5.40. The van der Waals surface area contributed by atoms with Crippen LogP contribution in [0.5, 0.6) is 0 Å². The summed E-state index contributed by atoms with van der Waals surface area (Å²) in [6.07, 6.45) is 0. The molecule has 1 atom stereocenters. The standard InChI is InChI=1S/C13H17ClN2/c1-9(2)10(3)16(4)13-6-5-11(8-15)7-12(13)14/h5-7,9-10H,1-4H3. The molecule has 0 bridgehead atoms. The van der Waals surface area contributed by atoms with E-state index in [-0.39, 0.29) is 0 Å². The number of hydrogen-bond acceptors (Lipinski definition) is 2. The smallest absolute Gasteiger partial charge is 0.0992 e. The van der Waals surface area contributed by atoms with Crippen LogP contribution in [0.15, 0.2) is 18.2 Å². The van der Waals surface area contributed by atoms with E-state index in [2.05, 4.69) is 31.7 Å². The summed E-state index contributed by atoms with van der Waals surface area (Å²) in [6, 6.07) is 7.90. The van der Waals surface area contributed by atoms with Crippen molar-refractivity contribution in [2.24, 2.45) is 5.92 Å². The molecule has 0 aliphatic heterocycles. The molecule has 0 amide bonds. The molecule has 16 heavy (non-hydrogen) atoms. The van der Waals surface area contributed by atoms with Crippen molar-refractivity contribution >= 4 is 17.3 Å². The van der Waals surface area contributed by atoms with Crippen molar-refractivity contribution < 1.29 is 0 Å². The van der Waals surface area contributed by atoms with Gasteiger partial charge in [0, 0.05) is 13.1 Å². The lowest BCUT2D eigenvalue weighted by atomic mass is 10.0. The van der Waals surface area contributed by atoms with Crippen molar-refractivity contribution in [3.8, 4) is 6.07 Å². The third-order valence-electron chi connectivity index (χ3n) is 3.03. The highest BCUT2D eigenvalue weighted by Crippen LogP contribution is 2.28. The second kappa shape index (κ2) is 5.23. The number of anilines is 1. The van der Waals surface area contributed by atoms with Crippen LogP contribution in [0.1, 0.15) is 26.3 Å². The maximum absolute atomic E-state index is 8.77. The van der Waals surface area contributed by atoms with Crippen LogP contribution in [0.4, 0.5) is 5.69 Å². The van der Waals surface area contributed by atoms with Gasteiger partial charge in [-0.3, -0.25) is 0 Å². The van der Waals surface area contributed by atoms with Crippen molar-refractivity contribution in [3.05, 3.63) is 28.8 Å². The van der Waals surface area contributed by atoms with Gasteiger partial charge in [-0.05, 0) is 31.0 Å². The molecule has 1 rings (SSSR count). The maximum atomic E-state index is 8.77. The largest absolute Gasteiger partial charge is 0.370 e. The minimum atomic E-state index is 0.408. The Morgan fingerprint density at radius 2 is 1.94 bits per heavy atom. The SMILES string of the molecule is CC(C)C(C)N(C)c1ccc(C#N)cc1Cl. The summed E-state index contributed by atoms with van der Waals surface area (Å²) in [5, 5.41) is 9.40.